The highest BCUT2D eigenvalue weighted by Gasteiger charge is 2.19. The Morgan fingerprint density at radius 3 is 2.50 bits per heavy atom. The van der Waals surface area contributed by atoms with E-state index in [0.717, 1.165) is 18.9 Å². The molecule has 0 saturated heterocycles. The van der Waals surface area contributed by atoms with Gasteiger partial charge in [-0.25, -0.2) is 9.18 Å². The second-order valence-corrected chi connectivity index (χ2v) is 4.48. The van der Waals surface area contributed by atoms with Gasteiger partial charge >= 0.3 is 5.97 Å². The van der Waals surface area contributed by atoms with Crippen LogP contribution in [0.25, 0.3) is 0 Å². The number of rotatable bonds is 6. The number of benzene rings is 1. The second-order valence-electron chi connectivity index (χ2n) is 4.48. The van der Waals surface area contributed by atoms with Crippen LogP contribution in [0.5, 0.6) is 0 Å². The van der Waals surface area contributed by atoms with Gasteiger partial charge in [-0.1, -0.05) is 32.8 Å². The molecule has 0 aliphatic rings. The molecule has 0 radical (unpaired) electrons. The monoisotopic (exact) mass is 253 g/mol. The maximum Gasteiger partial charge on any atom is 0.340 e. The molecule has 0 bridgehead atoms. The molecule has 0 spiro atoms. The molecule has 2 N–H and O–H groups in total. The van der Waals surface area contributed by atoms with Crippen molar-refractivity contribution < 1.29 is 14.3 Å². The summed E-state index contributed by atoms with van der Waals surface area (Å²) in [5.74, 6) is -1.51. The first-order valence-electron chi connectivity index (χ1n) is 6.29. The average molecular weight is 253 g/mol. The van der Waals surface area contributed by atoms with Crippen molar-refractivity contribution in [3.8, 4) is 0 Å². The van der Waals surface area contributed by atoms with Crippen molar-refractivity contribution in [1.82, 2.24) is 0 Å². The summed E-state index contributed by atoms with van der Waals surface area (Å²) in [5, 5.41) is 12.1. The van der Waals surface area contributed by atoms with Crippen LogP contribution in [0, 0.1) is 11.7 Å². The zero-order valence-electron chi connectivity index (χ0n) is 11.0. The second kappa shape index (κ2) is 6.38. The lowest BCUT2D eigenvalue weighted by atomic mass is 9.95. The molecular weight excluding hydrogens is 233 g/mol. The Kier molecular flexibility index (Phi) is 5.13. The van der Waals surface area contributed by atoms with Gasteiger partial charge in [0.25, 0.3) is 0 Å². The lowest BCUT2D eigenvalue weighted by molar-refractivity contribution is 0.0693. The Balaban J connectivity index is 2.97. The first-order valence-corrected chi connectivity index (χ1v) is 6.29. The third-order valence-corrected chi connectivity index (χ3v) is 3.37. The number of hydrogen-bond acceptors (Lipinski definition) is 2. The topological polar surface area (TPSA) is 49.3 Å². The zero-order chi connectivity index (χ0) is 13.7. The fourth-order valence-corrected chi connectivity index (χ4v) is 2.22. The van der Waals surface area contributed by atoms with E-state index >= 15 is 0 Å². The lowest BCUT2D eigenvalue weighted by Crippen LogP contribution is -2.26. The number of carboxylic acids is 1. The minimum atomic E-state index is -1.24. The van der Waals surface area contributed by atoms with Gasteiger partial charge in [0.15, 0.2) is 0 Å². The molecule has 1 rings (SSSR count). The highest BCUT2D eigenvalue weighted by Crippen LogP contribution is 2.23. The van der Waals surface area contributed by atoms with Crippen molar-refractivity contribution in [2.75, 3.05) is 5.32 Å². The van der Waals surface area contributed by atoms with Crippen LogP contribution < -0.4 is 5.32 Å². The molecule has 100 valence electrons. The summed E-state index contributed by atoms with van der Waals surface area (Å²) in [6, 6.07) is 4.39. The minimum Gasteiger partial charge on any atom is -0.478 e. The third kappa shape index (κ3) is 3.22. The fourth-order valence-electron chi connectivity index (χ4n) is 2.22. The van der Waals surface area contributed by atoms with E-state index in [-0.39, 0.29) is 11.6 Å². The van der Waals surface area contributed by atoms with E-state index in [0.29, 0.717) is 11.6 Å². The molecule has 18 heavy (non-hydrogen) atoms. The van der Waals surface area contributed by atoms with Crippen molar-refractivity contribution in [1.29, 1.82) is 0 Å². The number of anilines is 1. The summed E-state index contributed by atoms with van der Waals surface area (Å²) in [5.41, 5.74) is 0.0669. The molecule has 0 saturated carbocycles. The summed E-state index contributed by atoms with van der Waals surface area (Å²) in [4.78, 5) is 11.1. The highest BCUT2D eigenvalue weighted by atomic mass is 19.1. The van der Waals surface area contributed by atoms with Gasteiger partial charge in [-0.2, -0.15) is 0 Å². The van der Waals surface area contributed by atoms with E-state index in [9.17, 15) is 9.18 Å². The maximum absolute atomic E-state index is 13.5. The van der Waals surface area contributed by atoms with E-state index in [1.54, 1.807) is 6.07 Å². The molecule has 4 heteroatoms. The summed E-state index contributed by atoms with van der Waals surface area (Å²) < 4.78 is 13.5. The molecule has 1 aromatic rings. The average Bonchev–Trinajstić information content (AvgIpc) is 2.30. The van der Waals surface area contributed by atoms with Crippen LogP contribution in [0.2, 0.25) is 0 Å². The quantitative estimate of drug-likeness (QED) is 0.811. The van der Waals surface area contributed by atoms with Crippen molar-refractivity contribution in [2.24, 2.45) is 5.92 Å². The van der Waals surface area contributed by atoms with Crippen LogP contribution >= 0.6 is 0 Å². The highest BCUT2D eigenvalue weighted by molar-refractivity contribution is 5.94. The summed E-state index contributed by atoms with van der Waals surface area (Å²) >= 11 is 0. The molecule has 1 atom stereocenters. The predicted molar refractivity (Wildman–Crippen MR) is 70.5 cm³/mol. The SMILES string of the molecule is CCC(CC)C(C)Nc1cccc(F)c1C(=O)O. The Morgan fingerprint density at radius 1 is 1.39 bits per heavy atom. The maximum atomic E-state index is 13.5. The summed E-state index contributed by atoms with van der Waals surface area (Å²) in [7, 11) is 0. The van der Waals surface area contributed by atoms with E-state index < -0.39 is 11.8 Å². The number of carboxylic acid groups (broad SMARTS) is 1. The Morgan fingerprint density at radius 2 is 2.00 bits per heavy atom. The molecular formula is C14H20FNO2. The molecule has 0 heterocycles. The smallest absolute Gasteiger partial charge is 0.340 e. The van der Waals surface area contributed by atoms with Gasteiger partial charge in [-0.3, -0.25) is 0 Å². The molecule has 0 aromatic heterocycles. The van der Waals surface area contributed by atoms with E-state index in [2.05, 4.69) is 19.2 Å². The van der Waals surface area contributed by atoms with Gasteiger partial charge in [-0.15, -0.1) is 0 Å². The first kappa shape index (κ1) is 14.5. The van der Waals surface area contributed by atoms with Gasteiger partial charge in [0, 0.05) is 6.04 Å². The Hall–Kier alpha value is -1.58. The molecule has 1 unspecified atom stereocenters. The summed E-state index contributed by atoms with van der Waals surface area (Å²) in [6.07, 6.45) is 2.00. The van der Waals surface area contributed by atoms with Gasteiger partial charge in [0.1, 0.15) is 11.4 Å². The van der Waals surface area contributed by atoms with Crippen molar-refractivity contribution in [3.63, 3.8) is 0 Å². The molecule has 0 amide bonds. The Bertz CT molecular complexity index is 416. The molecule has 0 aliphatic carbocycles. The Labute approximate surface area is 107 Å². The normalized spacial score (nSPS) is 12.5. The van der Waals surface area contributed by atoms with Crippen molar-refractivity contribution in [3.05, 3.63) is 29.6 Å². The van der Waals surface area contributed by atoms with Gasteiger partial charge < -0.3 is 10.4 Å². The largest absolute Gasteiger partial charge is 0.478 e. The van der Waals surface area contributed by atoms with Gasteiger partial charge in [0.2, 0.25) is 0 Å². The van der Waals surface area contributed by atoms with Gasteiger partial charge in [0.05, 0.1) is 5.69 Å². The van der Waals surface area contributed by atoms with E-state index in [1.165, 1.54) is 6.07 Å². The standard InChI is InChI=1S/C14H20FNO2/c1-4-10(5-2)9(3)16-12-8-6-7-11(15)13(12)14(17)18/h6-10,16H,4-5H2,1-3H3,(H,17,18). The number of halogens is 1. The van der Waals surface area contributed by atoms with Crippen LogP contribution in [0.15, 0.2) is 18.2 Å². The van der Waals surface area contributed by atoms with Crippen LogP contribution in [0.4, 0.5) is 10.1 Å². The molecule has 0 fully saturated rings. The first-order chi connectivity index (χ1) is 8.51. The number of carbonyl (C=O) groups is 1. The molecule has 0 aliphatic heterocycles. The molecule has 3 nitrogen and oxygen atoms in total. The van der Waals surface area contributed by atoms with Crippen LogP contribution in [0.3, 0.4) is 0 Å². The number of nitrogens with one attached hydrogen (secondary N) is 1. The van der Waals surface area contributed by atoms with Crippen LogP contribution in [-0.4, -0.2) is 17.1 Å². The number of aromatic carboxylic acids is 1. The van der Waals surface area contributed by atoms with Crippen molar-refractivity contribution in [2.45, 2.75) is 39.7 Å². The molecule has 1 aromatic carbocycles. The number of hydrogen-bond donors (Lipinski definition) is 2. The fraction of sp³-hybridized carbons (Fsp3) is 0.500. The predicted octanol–water partition coefficient (Wildman–Crippen LogP) is 3.76. The third-order valence-electron chi connectivity index (χ3n) is 3.37. The zero-order valence-corrected chi connectivity index (χ0v) is 11.0. The lowest BCUT2D eigenvalue weighted by Gasteiger charge is -2.24. The summed E-state index contributed by atoms with van der Waals surface area (Å²) in [6.45, 7) is 6.18. The van der Waals surface area contributed by atoms with Crippen LogP contribution in [0.1, 0.15) is 44.0 Å². The van der Waals surface area contributed by atoms with Gasteiger partial charge in [-0.05, 0) is 25.0 Å². The van der Waals surface area contributed by atoms with E-state index in [4.69, 9.17) is 5.11 Å². The van der Waals surface area contributed by atoms with E-state index in [1.807, 2.05) is 6.92 Å². The van der Waals surface area contributed by atoms with Crippen LogP contribution in [-0.2, 0) is 0 Å². The minimum absolute atomic E-state index is 0.111. The van der Waals surface area contributed by atoms with Crippen molar-refractivity contribution >= 4 is 11.7 Å².